The number of nitrogens with one attached hydrogen (secondary N) is 1. The van der Waals surface area contributed by atoms with Crippen molar-refractivity contribution in [1.29, 1.82) is 0 Å². The second-order valence-electron chi connectivity index (χ2n) is 5.00. The molecule has 1 N–H and O–H groups in total. The fourth-order valence-corrected chi connectivity index (χ4v) is 3.65. The van der Waals surface area contributed by atoms with Crippen molar-refractivity contribution in [1.82, 2.24) is 9.62 Å². The number of hydrogen-bond donors (Lipinski definition) is 1. The van der Waals surface area contributed by atoms with Gasteiger partial charge in [0.2, 0.25) is 10.0 Å². The molecule has 0 aliphatic heterocycles. The van der Waals surface area contributed by atoms with Crippen LogP contribution < -0.4 is 5.32 Å². The molecule has 0 unspecified atom stereocenters. The van der Waals surface area contributed by atoms with Crippen LogP contribution in [0.3, 0.4) is 0 Å². The van der Waals surface area contributed by atoms with Gasteiger partial charge in [0.05, 0.1) is 5.75 Å². The van der Waals surface area contributed by atoms with Crippen LogP contribution in [0.5, 0.6) is 0 Å². The van der Waals surface area contributed by atoms with Crippen LogP contribution in [-0.2, 0) is 10.0 Å². The van der Waals surface area contributed by atoms with E-state index in [2.05, 4.69) is 5.32 Å². The molecule has 2 rings (SSSR count). The van der Waals surface area contributed by atoms with E-state index in [1.54, 1.807) is 11.4 Å². The predicted molar refractivity (Wildman–Crippen MR) is 64.8 cm³/mol. The molecule has 0 bridgehead atoms. The molecule has 2 aliphatic rings. The van der Waals surface area contributed by atoms with Crippen molar-refractivity contribution in [3.05, 3.63) is 0 Å². The van der Waals surface area contributed by atoms with E-state index in [0.29, 0.717) is 12.6 Å². The van der Waals surface area contributed by atoms with Gasteiger partial charge >= 0.3 is 0 Å². The fraction of sp³-hybridized carbons (Fsp3) is 1.00. The largest absolute Gasteiger partial charge is 0.313 e. The number of sulfonamides is 1. The van der Waals surface area contributed by atoms with Gasteiger partial charge in [0.1, 0.15) is 0 Å². The highest BCUT2D eigenvalue weighted by Crippen LogP contribution is 2.24. The van der Waals surface area contributed by atoms with Gasteiger partial charge in [-0.1, -0.05) is 12.8 Å². The molecule has 0 radical (unpaired) electrons. The van der Waals surface area contributed by atoms with Crippen LogP contribution in [0.2, 0.25) is 0 Å². The zero-order valence-electron chi connectivity index (χ0n) is 9.98. The monoisotopic (exact) mass is 246 g/mol. The second-order valence-corrected chi connectivity index (χ2v) is 7.15. The Morgan fingerprint density at radius 3 is 2.38 bits per heavy atom. The van der Waals surface area contributed by atoms with Gasteiger partial charge in [0, 0.05) is 25.7 Å². The van der Waals surface area contributed by atoms with E-state index in [-0.39, 0.29) is 11.8 Å². The molecule has 94 valence electrons. The van der Waals surface area contributed by atoms with Crippen LogP contribution in [0.1, 0.15) is 38.5 Å². The summed E-state index contributed by atoms with van der Waals surface area (Å²) in [5.41, 5.74) is 0. The first-order chi connectivity index (χ1) is 7.59. The molecular weight excluding hydrogens is 224 g/mol. The van der Waals surface area contributed by atoms with Crippen LogP contribution in [0.4, 0.5) is 0 Å². The molecule has 2 fully saturated rings. The van der Waals surface area contributed by atoms with Gasteiger partial charge in [-0.25, -0.2) is 12.7 Å². The summed E-state index contributed by atoms with van der Waals surface area (Å²) in [5, 5.41) is 3.25. The highest BCUT2D eigenvalue weighted by molar-refractivity contribution is 7.89. The van der Waals surface area contributed by atoms with Gasteiger partial charge in [0.15, 0.2) is 0 Å². The molecule has 2 aliphatic carbocycles. The van der Waals surface area contributed by atoms with Crippen molar-refractivity contribution in [2.45, 2.75) is 50.6 Å². The zero-order chi connectivity index (χ0) is 11.6. The minimum absolute atomic E-state index is 0.247. The normalized spacial score (nSPS) is 23.1. The molecule has 0 aromatic rings. The van der Waals surface area contributed by atoms with Gasteiger partial charge < -0.3 is 5.32 Å². The number of rotatable bonds is 6. The smallest absolute Gasteiger partial charge is 0.215 e. The third-order valence-corrected chi connectivity index (χ3v) is 5.54. The van der Waals surface area contributed by atoms with Crippen LogP contribution in [0.15, 0.2) is 0 Å². The van der Waals surface area contributed by atoms with Crippen molar-refractivity contribution >= 4 is 10.0 Å². The summed E-state index contributed by atoms with van der Waals surface area (Å²) in [5.74, 6) is 0.247. The molecular formula is C11H22N2O2S. The molecule has 4 nitrogen and oxygen atoms in total. The van der Waals surface area contributed by atoms with Crippen LogP contribution in [-0.4, -0.2) is 44.2 Å². The molecule has 5 heteroatoms. The molecule has 2 saturated carbocycles. The lowest BCUT2D eigenvalue weighted by molar-refractivity contribution is 0.372. The molecule has 0 heterocycles. The summed E-state index contributed by atoms with van der Waals surface area (Å²) in [4.78, 5) is 0. The summed E-state index contributed by atoms with van der Waals surface area (Å²) in [7, 11) is -1.30. The van der Waals surface area contributed by atoms with E-state index < -0.39 is 10.0 Å². The van der Waals surface area contributed by atoms with Crippen LogP contribution >= 0.6 is 0 Å². The van der Waals surface area contributed by atoms with Crippen molar-refractivity contribution in [3.8, 4) is 0 Å². The molecule has 0 spiro atoms. The third kappa shape index (κ3) is 3.18. The predicted octanol–water partition coefficient (Wildman–Crippen LogP) is 0.943. The van der Waals surface area contributed by atoms with E-state index in [1.165, 1.54) is 25.7 Å². The van der Waals surface area contributed by atoms with Crippen molar-refractivity contribution in [2.75, 3.05) is 19.3 Å². The highest BCUT2D eigenvalue weighted by Gasteiger charge is 2.29. The van der Waals surface area contributed by atoms with Crippen molar-refractivity contribution in [3.63, 3.8) is 0 Å². The van der Waals surface area contributed by atoms with Gasteiger partial charge in [-0.05, 0) is 25.7 Å². The molecule has 0 amide bonds. The Morgan fingerprint density at radius 2 is 1.81 bits per heavy atom. The maximum Gasteiger partial charge on any atom is 0.215 e. The lowest BCUT2D eigenvalue weighted by atomic mass is 10.3. The van der Waals surface area contributed by atoms with E-state index in [0.717, 1.165) is 12.8 Å². The summed E-state index contributed by atoms with van der Waals surface area (Å²) in [6, 6.07) is 0.845. The average Bonchev–Trinajstić information content (AvgIpc) is 2.90. The van der Waals surface area contributed by atoms with Gasteiger partial charge in [0.25, 0.3) is 0 Å². The second kappa shape index (κ2) is 5.02. The zero-order valence-corrected chi connectivity index (χ0v) is 10.8. The average molecular weight is 246 g/mol. The lowest BCUT2D eigenvalue weighted by Gasteiger charge is -2.23. The molecule has 0 saturated heterocycles. The lowest BCUT2D eigenvalue weighted by Crippen LogP contribution is -2.39. The Labute approximate surface area is 98.4 Å². The van der Waals surface area contributed by atoms with E-state index in [9.17, 15) is 8.42 Å². The van der Waals surface area contributed by atoms with Gasteiger partial charge in [-0.15, -0.1) is 0 Å². The maximum atomic E-state index is 12.0. The molecule has 0 aromatic carbocycles. The topological polar surface area (TPSA) is 49.4 Å². The minimum atomic E-state index is -3.04. The Hall–Kier alpha value is -0.130. The Kier molecular flexibility index (Phi) is 3.87. The Morgan fingerprint density at radius 1 is 1.19 bits per heavy atom. The highest BCUT2D eigenvalue weighted by atomic mass is 32.2. The van der Waals surface area contributed by atoms with E-state index in [1.807, 2.05) is 0 Å². The Balaban J connectivity index is 1.79. The van der Waals surface area contributed by atoms with E-state index in [4.69, 9.17) is 0 Å². The first kappa shape index (κ1) is 12.3. The summed E-state index contributed by atoms with van der Waals surface area (Å²) in [6.45, 7) is 0.601. The van der Waals surface area contributed by atoms with E-state index >= 15 is 0 Å². The summed E-state index contributed by atoms with van der Waals surface area (Å²) >= 11 is 0. The van der Waals surface area contributed by atoms with Crippen molar-refractivity contribution in [2.24, 2.45) is 0 Å². The quantitative estimate of drug-likeness (QED) is 0.759. The Bertz CT molecular complexity index is 319. The van der Waals surface area contributed by atoms with Gasteiger partial charge in [-0.3, -0.25) is 0 Å². The maximum absolute atomic E-state index is 12.0. The van der Waals surface area contributed by atoms with Crippen LogP contribution in [0.25, 0.3) is 0 Å². The van der Waals surface area contributed by atoms with Crippen LogP contribution in [0, 0.1) is 0 Å². The summed E-state index contributed by atoms with van der Waals surface area (Å²) < 4.78 is 25.6. The first-order valence-corrected chi connectivity index (χ1v) is 7.89. The van der Waals surface area contributed by atoms with Crippen molar-refractivity contribution < 1.29 is 8.42 Å². The standard InChI is InChI=1S/C11H22N2O2S/c1-13(11-4-2-3-5-11)16(14,15)9-8-12-10-6-7-10/h10-12H,2-9H2,1H3. The molecule has 0 atom stereocenters. The number of nitrogens with zero attached hydrogens (tertiary/aromatic N) is 1. The minimum Gasteiger partial charge on any atom is -0.313 e. The van der Waals surface area contributed by atoms with Gasteiger partial charge in [-0.2, -0.15) is 0 Å². The SMILES string of the molecule is CN(C1CCCC1)S(=O)(=O)CCNC1CC1. The molecule has 0 aromatic heterocycles. The molecule has 16 heavy (non-hydrogen) atoms. The summed E-state index contributed by atoms with van der Waals surface area (Å²) in [6.07, 6.45) is 6.82. The first-order valence-electron chi connectivity index (χ1n) is 6.29. The third-order valence-electron chi connectivity index (χ3n) is 3.65. The fourth-order valence-electron chi connectivity index (χ4n) is 2.32. The number of hydrogen-bond acceptors (Lipinski definition) is 3.